The maximum absolute atomic E-state index is 13.6. The number of anilines is 1. The number of benzene rings is 4. The van der Waals surface area contributed by atoms with Gasteiger partial charge in [-0.3, -0.25) is 9.59 Å². The molecule has 0 fully saturated rings. The number of carbonyl (C=O) groups is 1. The molecule has 0 spiro atoms. The van der Waals surface area contributed by atoms with E-state index < -0.39 is 5.56 Å². The molecule has 1 amide bonds. The summed E-state index contributed by atoms with van der Waals surface area (Å²) in [7, 11) is 1.45. The van der Waals surface area contributed by atoms with Crippen LogP contribution < -0.4 is 20.3 Å². The fraction of sp³-hybridized carbons (Fsp3) is 0.0909. The summed E-state index contributed by atoms with van der Waals surface area (Å²) >= 11 is 12.7. The fourth-order valence-corrected chi connectivity index (χ4v) is 5.08. The number of rotatable bonds is 8. The van der Waals surface area contributed by atoms with Crippen molar-refractivity contribution >= 4 is 62.9 Å². The van der Waals surface area contributed by atoms with Crippen LogP contribution in [0.4, 0.5) is 5.69 Å². The highest BCUT2D eigenvalue weighted by molar-refractivity contribution is 6.32. The standard InChI is InChI=1S/C33H24Cl2N4O5/c1-19-7-3-5-9-25(19)37-30(40)18-43-31-24(35)13-20(14-28(31)42-2)17-36-39-32(38-26-10-6-4-8-23(26)33(39)41)29-16-21-15-22(34)11-12-27(21)44-29/h3-17H,18H2,1-2H3,(H,37,40). The van der Waals surface area contributed by atoms with Crippen LogP contribution in [0.1, 0.15) is 11.1 Å². The molecule has 0 aliphatic rings. The highest BCUT2D eigenvalue weighted by Crippen LogP contribution is 2.36. The molecule has 0 aliphatic heterocycles. The Kier molecular flexibility index (Phi) is 8.06. The smallest absolute Gasteiger partial charge is 0.282 e. The quantitative estimate of drug-likeness (QED) is 0.177. The van der Waals surface area contributed by atoms with Crippen molar-refractivity contribution in [2.45, 2.75) is 6.92 Å². The molecule has 6 rings (SSSR count). The Morgan fingerprint density at radius 3 is 2.66 bits per heavy atom. The lowest BCUT2D eigenvalue weighted by atomic mass is 10.2. The fourth-order valence-electron chi connectivity index (χ4n) is 4.63. The molecule has 4 aromatic carbocycles. The van der Waals surface area contributed by atoms with Gasteiger partial charge in [0, 0.05) is 16.1 Å². The third-order valence-corrected chi connectivity index (χ3v) is 7.31. The van der Waals surface area contributed by atoms with Gasteiger partial charge in [0.15, 0.2) is 23.9 Å². The Morgan fingerprint density at radius 2 is 1.84 bits per heavy atom. The van der Waals surface area contributed by atoms with Gasteiger partial charge in [0.05, 0.1) is 29.2 Å². The summed E-state index contributed by atoms with van der Waals surface area (Å²) in [5.74, 6) is 0.658. The average Bonchev–Trinajstić information content (AvgIpc) is 3.44. The van der Waals surface area contributed by atoms with E-state index in [2.05, 4.69) is 10.4 Å². The Balaban J connectivity index is 1.32. The SMILES string of the molecule is COc1cc(C=Nn2c(-c3cc4cc(Cl)ccc4o3)nc3ccccc3c2=O)cc(Cl)c1OCC(=O)Nc1ccccc1C. The van der Waals surface area contributed by atoms with Gasteiger partial charge in [-0.2, -0.15) is 9.78 Å². The first kappa shape index (κ1) is 29.0. The molecule has 6 aromatic rings. The zero-order chi connectivity index (χ0) is 30.8. The minimum Gasteiger partial charge on any atom is -0.493 e. The monoisotopic (exact) mass is 626 g/mol. The lowest BCUT2D eigenvalue weighted by molar-refractivity contribution is -0.118. The maximum Gasteiger partial charge on any atom is 0.282 e. The van der Waals surface area contributed by atoms with E-state index in [4.69, 9.17) is 42.1 Å². The van der Waals surface area contributed by atoms with Crippen molar-refractivity contribution in [2.24, 2.45) is 5.10 Å². The van der Waals surface area contributed by atoms with E-state index >= 15 is 0 Å². The molecule has 0 atom stereocenters. The van der Waals surface area contributed by atoms with Gasteiger partial charge in [0.25, 0.3) is 11.5 Å². The van der Waals surface area contributed by atoms with Crippen LogP contribution in [0.2, 0.25) is 10.0 Å². The van der Waals surface area contributed by atoms with Crippen molar-refractivity contribution in [2.75, 3.05) is 19.0 Å². The van der Waals surface area contributed by atoms with E-state index in [1.54, 1.807) is 66.7 Å². The van der Waals surface area contributed by atoms with Crippen LogP contribution in [0, 0.1) is 6.92 Å². The summed E-state index contributed by atoms with van der Waals surface area (Å²) in [4.78, 5) is 30.8. The molecule has 44 heavy (non-hydrogen) atoms. The van der Waals surface area contributed by atoms with Crippen molar-refractivity contribution < 1.29 is 18.7 Å². The molecule has 11 heteroatoms. The molecule has 2 heterocycles. The number of carbonyl (C=O) groups excluding carboxylic acids is 1. The van der Waals surface area contributed by atoms with Gasteiger partial charge in [-0.1, -0.05) is 53.5 Å². The molecule has 0 bridgehead atoms. The molecular weight excluding hydrogens is 603 g/mol. The van der Waals surface area contributed by atoms with Gasteiger partial charge in [-0.05, 0) is 72.6 Å². The van der Waals surface area contributed by atoms with E-state index in [0.717, 1.165) is 10.9 Å². The minimum absolute atomic E-state index is 0.188. The molecule has 1 N–H and O–H groups in total. The van der Waals surface area contributed by atoms with Gasteiger partial charge in [0.1, 0.15) is 5.58 Å². The molecule has 0 saturated heterocycles. The third kappa shape index (κ3) is 5.88. The van der Waals surface area contributed by atoms with Gasteiger partial charge in [-0.25, -0.2) is 4.98 Å². The largest absolute Gasteiger partial charge is 0.493 e. The average molecular weight is 627 g/mol. The van der Waals surface area contributed by atoms with Crippen LogP contribution in [0.3, 0.4) is 0 Å². The Morgan fingerprint density at radius 1 is 1.05 bits per heavy atom. The normalized spacial score (nSPS) is 11.4. The second-order valence-electron chi connectivity index (χ2n) is 9.79. The molecule has 2 aromatic heterocycles. The lowest BCUT2D eigenvalue weighted by Crippen LogP contribution is -2.21. The predicted molar refractivity (Wildman–Crippen MR) is 173 cm³/mol. The van der Waals surface area contributed by atoms with Crippen LogP contribution in [0.15, 0.2) is 99.2 Å². The number of aromatic nitrogens is 2. The number of hydrogen-bond acceptors (Lipinski definition) is 7. The van der Waals surface area contributed by atoms with Gasteiger partial charge in [0.2, 0.25) is 5.82 Å². The van der Waals surface area contributed by atoms with E-state index in [0.29, 0.717) is 38.5 Å². The number of methoxy groups -OCH3 is 1. The second kappa shape index (κ2) is 12.2. The molecule has 220 valence electrons. The predicted octanol–water partition coefficient (Wildman–Crippen LogP) is 7.33. The molecule has 0 saturated carbocycles. The summed E-state index contributed by atoms with van der Waals surface area (Å²) in [6.45, 7) is 1.61. The van der Waals surface area contributed by atoms with E-state index in [1.807, 2.05) is 25.1 Å². The van der Waals surface area contributed by atoms with E-state index in [1.165, 1.54) is 18.0 Å². The number of halogens is 2. The highest BCUT2D eigenvalue weighted by atomic mass is 35.5. The Hall–Kier alpha value is -5.12. The van der Waals surface area contributed by atoms with Gasteiger partial charge < -0.3 is 19.2 Å². The van der Waals surface area contributed by atoms with Crippen molar-refractivity contribution in [3.8, 4) is 23.1 Å². The number of ether oxygens (including phenoxy) is 2. The van der Waals surface area contributed by atoms with Crippen molar-refractivity contribution in [3.63, 3.8) is 0 Å². The number of para-hydroxylation sites is 2. The minimum atomic E-state index is -0.391. The number of nitrogens with zero attached hydrogens (tertiary/aromatic N) is 3. The number of nitrogens with one attached hydrogen (secondary N) is 1. The Labute approximate surface area is 261 Å². The summed E-state index contributed by atoms with van der Waals surface area (Å²) in [6, 6.07) is 24.6. The lowest BCUT2D eigenvalue weighted by Gasteiger charge is -2.14. The second-order valence-corrected chi connectivity index (χ2v) is 10.6. The molecule has 0 radical (unpaired) electrons. The molecular formula is C33H24Cl2N4O5. The van der Waals surface area contributed by atoms with Crippen LogP contribution in [-0.2, 0) is 4.79 Å². The first-order chi connectivity index (χ1) is 21.3. The topological polar surface area (TPSA) is 108 Å². The summed E-state index contributed by atoms with van der Waals surface area (Å²) < 4.78 is 18.4. The summed E-state index contributed by atoms with van der Waals surface area (Å²) in [5.41, 5.74) is 2.81. The van der Waals surface area contributed by atoms with Gasteiger partial charge in [-0.15, -0.1) is 0 Å². The molecule has 0 aliphatic carbocycles. The van der Waals surface area contributed by atoms with Crippen LogP contribution in [0.25, 0.3) is 33.5 Å². The maximum atomic E-state index is 13.6. The third-order valence-electron chi connectivity index (χ3n) is 6.79. The number of fused-ring (bicyclic) bond motifs is 2. The summed E-state index contributed by atoms with van der Waals surface area (Å²) in [6.07, 6.45) is 1.45. The first-order valence-electron chi connectivity index (χ1n) is 13.4. The van der Waals surface area contributed by atoms with Crippen LogP contribution >= 0.6 is 23.2 Å². The zero-order valence-electron chi connectivity index (χ0n) is 23.5. The Bertz CT molecular complexity index is 2140. The molecule has 9 nitrogen and oxygen atoms in total. The highest BCUT2D eigenvalue weighted by Gasteiger charge is 2.18. The zero-order valence-corrected chi connectivity index (χ0v) is 25.0. The summed E-state index contributed by atoms with van der Waals surface area (Å²) in [5, 5.41) is 9.17. The molecule has 0 unspecified atom stereocenters. The van der Waals surface area contributed by atoms with Crippen molar-refractivity contribution in [1.29, 1.82) is 0 Å². The van der Waals surface area contributed by atoms with Gasteiger partial charge >= 0.3 is 0 Å². The number of amides is 1. The van der Waals surface area contributed by atoms with Crippen molar-refractivity contribution in [3.05, 3.63) is 116 Å². The number of furan rings is 1. The number of hydrogen-bond donors (Lipinski definition) is 1. The van der Waals surface area contributed by atoms with E-state index in [9.17, 15) is 9.59 Å². The first-order valence-corrected chi connectivity index (χ1v) is 14.2. The van der Waals surface area contributed by atoms with Crippen LogP contribution in [0.5, 0.6) is 11.5 Å². The van der Waals surface area contributed by atoms with E-state index in [-0.39, 0.29) is 34.9 Å². The van der Waals surface area contributed by atoms with Crippen LogP contribution in [-0.4, -0.2) is 35.5 Å². The van der Waals surface area contributed by atoms with Crippen molar-refractivity contribution in [1.82, 2.24) is 9.66 Å². The number of aryl methyl sites for hydroxylation is 1.